The predicted molar refractivity (Wildman–Crippen MR) is 100 cm³/mol. The van der Waals surface area contributed by atoms with E-state index in [1.807, 2.05) is 0 Å². The molecule has 4 fully saturated rings. The number of carbonyl (C=O) groups is 1. The molecule has 7 atom stereocenters. The largest absolute Gasteiger partial charge is 0.378 e. The Bertz CT molecular complexity index is 520. The van der Waals surface area contributed by atoms with E-state index in [2.05, 4.69) is 13.8 Å². The van der Waals surface area contributed by atoms with E-state index in [0.717, 1.165) is 50.2 Å². The molecule has 2 N–H and O–H groups in total. The highest BCUT2D eigenvalue weighted by molar-refractivity contribution is 5.87. The van der Waals surface area contributed by atoms with Gasteiger partial charge < -0.3 is 10.5 Å². The molecule has 0 spiro atoms. The summed E-state index contributed by atoms with van der Waals surface area (Å²) in [4.78, 5) is 12.5. The van der Waals surface area contributed by atoms with Gasteiger partial charge in [0.25, 0.3) is 0 Å². The molecule has 0 aliphatic heterocycles. The normalized spacial score (nSPS) is 49.4. The standard InChI is InChI=1S/C22H37NO2/c1-21-10-8-16(25-13-3-12-23)14-15(21)4-5-17-18-6-7-20(24)22(18,2)11-9-19(17)21/h15-19H,3-14,23H2,1-2H3/t15?,16-,17?,18?,19?,21-,22-/m0/s1. The van der Waals surface area contributed by atoms with E-state index in [9.17, 15) is 4.79 Å². The van der Waals surface area contributed by atoms with Crippen molar-refractivity contribution < 1.29 is 9.53 Å². The Hall–Kier alpha value is -0.410. The molecule has 4 aliphatic carbocycles. The SMILES string of the molecule is C[C@]12CC[C@H](OCCCN)CC1CCC1C2CC[C@]2(C)C(=O)CCC12. The second-order valence-corrected chi connectivity index (χ2v) is 9.98. The number of Topliss-reactive ketones (excluding diaryl/α,β-unsaturated/α-hetero) is 1. The molecule has 3 heteroatoms. The second-order valence-electron chi connectivity index (χ2n) is 9.98. The Morgan fingerprint density at radius 1 is 1.08 bits per heavy atom. The Balaban J connectivity index is 1.46. The third-order valence-corrected chi connectivity index (χ3v) is 9.03. The number of carbonyl (C=O) groups excluding carboxylic acids is 1. The number of ketones is 1. The third-order valence-electron chi connectivity index (χ3n) is 9.03. The zero-order valence-corrected chi connectivity index (χ0v) is 16.3. The maximum Gasteiger partial charge on any atom is 0.139 e. The molecule has 0 radical (unpaired) electrons. The van der Waals surface area contributed by atoms with Crippen LogP contribution in [0.5, 0.6) is 0 Å². The number of nitrogens with two attached hydrogens (primary N) is 1. The molecule has 4 saturated carbocycles. The minimum Gasteiger partial charge on any atom is -0.378 e. The van der Waals surface area contributed by atoms with Gasteiger partial charge in [0.1, 0.15) is 5.78 Å². The molecule has 0 heterocycles. The molecule has 0 saturated heterocycles. The van der Waals surface area contributed by atoms with Crippen molar-refractivity contribution in [2.24, 2.45) is 40.2 Å². The average molecular weight is 348 g/mol. The second kappa shape index (κ2) is 6.64. The fourth-order valence-corrected chi connectivity index (χ4v) is 7.47. The molecular weight excluding hydrogens is 310 g/mol. The first-order valence-corrected chi connectivity index (χ1v) is 10.8. The Morgan fingerprint density at radius 3 is 2.72 bits per heavy atom. The quantitative estimate of drug-likeness (QED) is 0.770. The van der Waals surface area contributed by atoms with Crippen LogP contribution in [-0.2, 0) is 9.53 Å². The molecule has 142 valence electrons. The maximum atomic E-state index is 12.5. The number of hydrogen-bond donors (Lipinski definition) is 1. The summed E-state index contributed by atoms with van der Waals surface area (Å²) in [6.07, 6.45) is 12.4. The van der Waals surface area contributed by atoms with Gasteiger partial charge in [0.2, 0.25) is 0 Å². The van der Waals surface area contributed by atoms with Crippen LogP contribution in [0.15, 0.2) is 0 Å². The zero-order chi connectivity index (χ0) is 17.7. The summed E-state index contributed by atoms with van der Waals surface area (Å²) in [6.45, 7) is 6.44. The van der Waals surface area contributed by atoms with E-state index >= 15 is 0 Å². The lowest BCUT2D eigenvalue weighted by Crippen LogP contribution is -2.54. The van der Waals surface area contributed by atoms with E-state index in [0.29, 0.717) is 23.2 Å². The van der Waals surface area contributed by atoms with Gasteiger partial charge in [0, 0.05) is 18.4 Å². The Morgan fingerprint density at radius 2 is 1.92 bits per heavy atom. The highest BCUT2D eigenvalue weighted by atomic mass is 16.5. The van der Waals surface area contributed by atoms with Crippen LogP contribution in [0.4, 0.5) is 0 Å². The van der Waals surface area contributed by atoms with Crippen LogP contribution in [0.1, 0.15) is 78.1 Å². The lowest BCUT2D eigenvalue weighted by Gasteiger charge is -2.60. The van der Waals surface area contributed by atoms with E-state index < -0.39 is 0 Å². The molecule has 4 unspecified atom stereocenters. The Labute approximate surface area is 153 Å². The topological polar surface area (TPSA) is 52.3 Å². The molecule has 4 aliphatic rings. The summed E-state index contributed by atoms with van der Waals surface area (Å²) < 4.78 is 6.13. The average Bonchev–Trinajstić information content (AvgIpc) is 2.90. The molecule has 0 amide bonds. The predicted octanol–water partition coefficient (Wildman–Crippen LogP) is 4.33. The van der Waals surface area contributed by atoms with Crippen molar-refractivity contribution in [2.75, 3.05) is 13.2 Å². The lowest BCUT2D eigenvalue weighted by atomic mass is 9.45. The Kier molecular flexibility index (Phi) is 4.77. The molecular formula is C22H37NO2. The highest BCUT2D eigenvalue weighted by Crippen LogP contribution is 2.65. The van der Waals surface area contributed by atoms with Crippen molar-refractivity contribution in [3.63, 3.8) is 0 Å². The van der Waals surface area contributed by atoms with E-state index in [1.54, 1.807) is 0 Å². The fraction of sp³-hybridized carbons (Fsp3) is 0.955. The lowest BCUT2D eigenvalue weighted by molar-refractivity contribution is -0.145. The third kappa shape index (κ3) is 2.81. The molecule has 0 aromatic heterocycles. The first-order valence-electron chi connectivity index (χ1n) is 10.8. The summed E-state index contributed by atoms with van der Waals surface area (Å²) >= 11 is 0. The minimum absolute atomic E-state index is 0.0207. The zero-order valence-electron chi connectivity index (χ0n) is 16.3. The molecule has 25 heavy (non-hydrogen) atoms. The number of hydrogen-bond acceptors (Lipinski definition) is 3. The van der Waals surface area contributed by atoms with E-state index in [4.69, 9.17) is 10.5 Å². The molecule has 4 rings (SSSR count). The van der Waals surface area contributed by atoms with Crippen molar-refractivity contribution in [1.82, 2.24) is 0 Å². The summed E-state index contributed by atoms with van der Waals surface area (Å²) in [7, 11) is 0. The molecule has 0 bridgehead atoms. The van der Waals surface area contributed by atoms with Gasteiger partial charge >= 0.3 is 0 Å². The molecule has 0 aromatic rings. The van der Waals surface area contributed by atoms with Crippen LogP contribution in [0.25, 0.3) is 0 Å². The van der Waals surface area contributed by atoms with Crippen LogP contribution in [-0.4, -0.2) is 25.0 Å². The van der Waals surface area contributed by atoms with Crippen molar-refractivity contribution in [3.05, 3.63) is 0 Å². The maximum absolute atomic E-state index is 12.5. The van der Waals surface area contributed by atoms with Crippen molar-refractivity contribution >= 4 is 5.78 Å². The van der Waals surface area contributed by atoms with E-state index in [1.165, 1.54) is 44.9 Å². The van der Waals surface area contributed by atoms with Gasteiger partial charge in [0.05, 0.1) is 6.10 Å². The van der Waals surface area contributed by atoms with Crippen LogP contribution in [0, 0.1) is 34.5 Å². The number of rotatable bonds is 4. The molecule has 0 aromatic carbocycles. The first kappa shape index (κ1) is 18.0. The number of fused-ring (bicyclic) bond motifs is 5. The number of ether oxygens (including phenoxy) is 1. The van der Waals surface area contributed by atoms with Gasteiger partial charge in [-0.3, -0.25) is 4.79 Å². The van der Waals surface area contributed by atoms with Crippen molar-refractivity contribution in [2.45, 2.75) is 84.2 Å². The van der Waals surface area contributed by atoms with Crippen LogP contribution in [0.2, 0.25) is 0 Å². The van der Waals surface area contributed by atoms with Gasteiger partial charge in [-0.25, -0.2) is 0 Å². The summed E-state index contributed by atoms with van der Waals surface area (Å²) in [5.41, 5.74) is 6.11. The van der Waals surface area contributed by atoms with Gasteiger partial charge in [-0.15, -0.1) is 0 Å². The van der Waals surface area contributed by atoms with Crippen LogP contribution in [0.3, 0.4) is 0 Å². The summed E-state index contributed by atoms with van der Waals surface area (Å²) in [5, 5.41) is 0. The van der Waals surface area contributed by atoms with E-state index in [-0.39, 0.29) is 5.41 Å². The monoisotopic (exact) mass is 347 g/mol. The summed E-state index contributed by atoms with van der Waals surface area (Å²) in [6, 6.07) is 0. The highest BCUT2D eigenvalue weighted by Gasteiger charge is 2.60. The van der Waals surface area contributed by atoms with Crippen molar-refractivity contribution in [3.8, 4) is 0 Å². The van der Waals surface area contributed by atoms with Crippen LogP contribution >= 0.6 is 0 Å². The summed E-state index contributed by atoms with van der Waals surface area (Å²) in [5.74, 6) is 3.73. The van der Waals surface area contributed by atoms with Crippen LogP contribution < -0.4 is 5.73 Å². The minimum atomic E-state index is 0.0207. The van der Waals surface area contributed by atoms with Gasteiger partial charge in [0.15, 0.2) is 0 Å². The fourth-order valence-electron chi connectivity index (χ4n) is 7.47. The van der Waals surface area contributed by atoms with Gasteiger partial charge in [-0.2, -0.15) is 0 Å². The van der Waals surface area contributed by atoms with Gasteiger partial charge in [-0.1, -0.05) is 13.8 Å². The first-order chi connectivity index (χ1) is 12.0. The smallest absolute Gasteiger partial charge is 0.139 e. The van der Waals surface area contributed by atoms with Crippen molar-refractivity contribution in [1.29, 1.82) is 0 Å². The van der Waals surface area contributed by atoms with Gasteiger partial charge in [-0.05, 0) is 93.4 Å². The molecule has 3 nitrogen and oxygen atoms in total.